The highest BCUT2D eigenvalue weighted by molar-refractivity contribution is 6.33. The Labute approximate surface area is 99.7 Å². The fraction of sp³-hybridized carbons (Fsp3) is 0.417. The lowest BCUT2D eigenvalue weighted by molar-refractivity contribution is -0.122. The van der Waals surface area contributed by atoms with Gasteiger partial charge in [-0.05, 0) is 25.0 Å². The van der Waals surface area contributed by atoms with Crippen molar-refractivity contribution in [2.75, 3.05) is 12.4 Å². The standard InChI is InChI=1S/C12H14ClNO2/c1-16-9-5-6-11(10(13)7-9)14-12(15)8-3-2-4-8/h5-8H,2-4H2,1H3,(H,14,15). The van der Waals surface area contributed by atoms with Crippen molar-refractivity contribution in [2.45, 2.75) is 19.3 Å². The summed E-state index contributed by atoms with van der Waals surface area (Å²) in [5.41, 5.74) is 0.652. The number of carbonyl (C=O) groups is 1. The summed E-state index contributed by atoms with van der Waals surface area (Å²) in [5, 5.41) is 3.34. The topological polar surface area (TPSA) is 38.3 Å². The van der Waals surface area contributed by atoms with E-state index < -0.39 is 0 Å². The van der Waals surface area contributed by atoms with Crippen molar-refractivity contribution in [3.8, 4) is 5.75 Å². The zero-order chi connectivity index (χ0) is 11.5. The summed E-state index contributed by atoms with van der Waals surface area (Å²) in [6, 6.07) is 5.23. The van der Waals surface area contributed by atoms with Crippen molar-refractivity contribution in [1.82, 2.24) is 0 Å². The van der Waals surface area contributed by atoms with Gasteiger partial charge in [0.15, 0.2) is 0 Å². The number of carbonyl (C=O) groups excluding carboxylic acids is 1. The second-order valence-electron chi connectivity index (χ2n) is 3.96. The molecule has 0 atom stereocenters. The van der Waals surface area contributed by atoms with Gasteiger partial charge in [0, 0.05) is 12.0 Å². The number of ether oxygens (including phenoxy) is 1. The lowest BCUT2D eigenvalue weighted by Crippen LogP contribution is -2.28. The number of nitrogens with one attached hydrogen (secondary N) is 1. The second-order valence-corrected chi connectivity index (χ2v) is 4.37. The Morgan fingerprint density at radius 2 is 2.25 bits per heavy atom. The van der Waals surface area contributed by atoms with Gasteiger partial charge in [-0.3, -0.25) is 4.79 Å². The molecule has 0 aliphatic heterocycles. The van der Waals surface area contributed by atoms with Gasteiger partial charge in [0.1, 0.15) is 5.75 Å². The summed E-state index contributed by atoms with van der Waals surface area (Å²) in [7, 11) is 1.58. The lowest BCUT2D eigenvalue weighted by atomic mass is 9.85. The Kier molecular flexibility index (Phi) is 3.34. The van der Waals surface area contributed by atoms with E-state index in [1.807, 2.05) is 0 Å². The SMILES string of the molecule is COc1ccc(NC(=O)C2CCC2)c(Cl)c1. The number of rotatable bonds is 3. The molecule has 1 aliphatic carbocycles. The third kappa shape index (κ3) is 2.30. The summed E-state index contributed by atoms with van der Waals surface area (Å²) in [6.07, 6.45) is 3.12. The molecule has 1 aromatic carbocycles. The maximum Gasteiger partial charge on any atom is 0.227 e. The molecule has 1 aromatic rings. The molecule has 2 rings (SSSR count). The van der Waals surface area contributed by atoms with Crippen LogP contribution in [0.15, 0.2) is 18.2 Å². The molecule has 0 saturated heterocycles. The van der Waals surface area contributed by atoms with E-state index in [0.29, 0.717) is 16.5 Å². The van der Waals surface area contributed by atoms with Crippen LogP contribution in [0.4, 0.5) is 5.69 Å². The fourth-order valence-electron chi connectivity index (χ4n) is 1.63. The molecule has 0 heterocycles. The number of halogens is 1. The van der Waals surface area contributed by atoms with Crippen LogP contribution in [0.2, 0.25) is 5.02 Å². The van der Waals surface area contributed by atoms with Crippen LogP contribution in [0.5, 0.6) is 5.75 Å². The molecule has 1 saturated carbocycles. The van der Waals surface area contributed by atoms with E-state index in [-0.39, 0.29) is 11.8 Å². The molecule has 0 aromatic heterocycles. The highest BCUT2D eigenvalue weighted by atomic mass is 35.5. The third-order valence-corrected chi connectivity index (χ3v) is 3.22. The molecular formula is C12H14ClNO2. The molecule has 1 fully saturated rings. The van der Waals surface area contributed by atoms with Crippen molar-refractivity contribution >= 4 is 23.2 Å². The predicted octanol–water partition coefficient (Wildman–Crippen LogP) is 3.09. The molecule has 86 valence electrons. The zero-order valence-electron chi connectivity index (χ0n) is 9.13. The molecule has 1 N–H and O–H groups in total. The monoisotopic (exact) mass is 239 g/mol. The van der Waals surface area contributed by atoms with Crippen molar-refractivity contribution in [3.05, 3.63) is 23.2 Å². The van der Waals surface area contributed by atoms with Crippen LogP contribution >= 0.6 is 11.6 Å². The van der Waals surface area contributed by atoms with Crippen LogP contribution in [0.25, 0.3) is 0 Å². The van der Waals surface area contributed by atoms with Gasteiger partial charge in [0.05, 0.1) is 17.8 Å². The van der Waals surface area contributed by atoms with Crippen molar-refractivity contribution < 1.29 is 9.53 Å². The number of methoxy groups -OCH3 is 1. The van der Waals surface area contributed by atoms with E-state index in [0.717, 1.165) is 19.3 Å². The normalized spacial score (nSPS) is 15.4. The number of anilines is 1. The summed E-state index contributed by atoms with van der Waals surface area (Å²) >= 11 is 6.02. The maximum absolute atomic E-state index is 11.7. The van der Waals surface area contributed by atoms with Crippen LogP contribution < -0.4 is 10.1 Å². The van der Waals surface area contributed by atoms with Crippen LogP contribution in [0.1, 0.15) is 19.3 Å². The Balaban J connectivity index is 2.06. The van der Waals surface area contributed by atoms with Crippen LogP contribution in [-0.4, -0.2) is 13.0 Å². The smallest absolute Gasteiger partial charge is 0.227 e. The summed E-state index contributed by atoms with van der Waals surface area (Å²) in [6.45, 7) is 0. The van der Waals surface area contributed by atoms with E-state index in [4.69, 9.17) is 16.3 Å². The summed E-state index contributed by atoms with van der Waals surface area (Å²) in [4.78, 5) is 11.7. The van der Waals surface area contributed by atoms with Gasteiger partial charge in [-0.15, -0.1) is 0 Å². The molecular weight excluding hydrogens is 226 g/mol. The third-order valence-electron chi connectivity index (χ3n) is 2.91. The summed E-state index contributed by atoms with van der Waals surface area (Å²) < 4.78 is 5.04. The molecule has 1 aliphatic rings. The van der Waals surface area contributed by atoms with E-state index in [1.165, 1.54) is 0 Å². The average Bonchev–Trinajstić information content (AvgIpc) is 2.18. The predicted molar refractivity (Wildman–Crippen MR) is 64.0 cm³/mol. The zero-order valence-corrected chi connectivity index (χ0v) is 9.88. The Morgan fingerprint density at radius 3 is 2.75 bits per heavy atom. The highest BCUT2D eigenvalue weighted by Gasteiger charge is 2.25. The van der Waals surface area contributed by atoms with E-state index >= 15 is 0 Å². The van der Waals surface area contributed by atoms with Crippen LogP contribution in [0, 0.1) is 5.92 Å². The van der Waals surface area contributed by atoms with Gasteiger partial charge >= 0.3 is 0 Å². The van der Waals surface area contributed by atoms with Gasteiger partial charge in [-0.2, -0.15) is 0 Å². The number of hydrogen-bond acceptors (Lipinski definition) is 2. The first-order valence-corrected chi connectivity index (χ1v) is 5.73. The van der Waals surface area contributed by atoms with Crippen LogP contribution in [-0.2, 0) is 4.79 Å². The van der Waals surface area contributed by atoms with E-state index in [9.17, 15) is 4.79 Å². The number of hydrogen-bond donors (Lipinski definition) is 1. The molecule has 0 unspecified atom stereocenters. The summed E-state index contributed by atoms with van der Waals surface area (Å²) in [5.74, 6) is 0.920. The molecule has 1 amide bonds. The van der Waals surface area contributed by atoms with Crippen molar-refractivity contribution in [1.29, 1.82) is 0 Å². The Hall–Kier alpha value is -1.22. The molecule has 0 spiro atoms. The van der Waals surface area contributed by atoms with Gasteiger partial charge in [0.2, 0.25) is 5.91 Å². The number of benzene rings is 1. The minimum absolute atomic E-state index is 0.0679. The lowest BCUT2D eigenvalue weighted by Gasteiger charge is -2.24. The largest absolute Gasteiger partial charge is 0.497 e. The van der Waals surface area contributed by atoms with Gasteiger partial charge in [-0.25, -0.2) is 0 Å². The molecule has 4 heteroatoms. The Bertz CT molecular complexity index is 402. The molecule has 16 heavy (non-hydrogen) atoms. The average molecular weight is 240 g/mol. The first-order valence-electron chi connectivity index (χ1n) is 5.35. The second kappa shape index (κ2) is 4.74. The maximum atomic E-state index is 11.7. The fourth-order valence-corrected chi connectivity index (χ4v) is 1.85. The van der Waals surface area contributed by atoms with Crippen molar-refractivity contribution in [3.63, 3.8) is 0 Å². The highest BCUT2D eigenvalue weighted by Crippen LogP contribution is 2.30. The van der Waals surface area contributed by atoms with Crippen LogP contribution in [0.3, 0.4) is 0 Å². The first-order chi connectivity index (χ1) is 7.70. The van der Waals surface area contributed by atoms with E-state index in [2.05, 4.69) is 5.32 Å². The number of amides is 1. The minimum Gasteiger partial charge on any atom is -0.497 e. The molecule has 0 radical (unpaired) electrons. The van der Waals surface area contributed by atoms with E-state index in [1.54, 1.807) is 25.3 Å². The van der Waals surface area contributed by atoms with Crippen molar-refractivity contribution in [2.24, 2.45) is 5.92 Å². The molecule has 0 bridgehead atoms. The van der Waals surface area contributed by atoms with Gasteiger partial charge in [-0.1, -0.05) is 18.0 Å². The Morgan fingerprint density at radius 1 is 1.50 bits per heavy atom. The van der Waals surface area contributed by atoms with Gasteiger partial charge < -0.3 is 10.1 Å². The quantitative estimate of drug-likeness (QED) is 0.880. The first kappa shape index (κ1) is 11.3. The van der Waals surface area contributed by atoms with Gasteiger partial charge in [0.25, 0.3) is 0 Å². The minimum atomic E-state index is 0.0679. The molecule has 3 nitrogen and oxygen atoms in total.